The van der Waals surface area contributed by atoms with Gasteiger partial charge >= 0.3 is 5.97 Å². The number of benzene rings is 2. The van der Waals surface area contributed by atoms with E-state index in [4.69, 9.17) is 23.7 Å². The quantitative estimate of drug-likeness (QED) is 0.253. The number of rotatable bonds is 11. The van der Waals surface area contributed by atoms with Gasteiger partial charge in [-0.3, -0.25) is 0 Å². The van der Waals surface area contributed by atoms with Crippen LogP contribution in [0.4, 0.5) is 0 Å². The molecule has 32 heavy (non-hydrogen) atoms. The van der Waals surface area contributed by atoms with Gasteiger partial charge in [-0.15, -0.1) is 0 Å². The molecule has 0 amide bonds. The fourth-order valence-corrected chi connectivity index (χ4v) is 3.24. The molecule has 0 aliphatic heterocycles. The predicted octanol–water partition coefficient (Wildman–Crippen LogP) is 4.08. The predicted molar refractivity (Wildman–Crippen MR) is 118 cm³/mol. The van der Waals surface area contributed by atoms with Gasteiger partial charge in [0.1, 0.15) is 29.7 Å². The van der Waals surface area contributed by atoms with Crippen molar-refractivity contribution in [2.24, 2.45) is 0 Å². The third-order valence-electron chi connectivity index (χ3n) is 4.67. The molecule has 0 saturated carbocycles. The van der Waals surface area contributed by atoms with Crippen molar-refractivity contribution in [1.82, 2.24) is 4.57 Å². The summed E-state index contributed by atoms with van der Waals surface area (Å²) in [5.74, 6) is 0.512. The van der Waals surface area contributed by atoms with Gasteiger partial charge in [0.05, 0.1) is 24.3 Å². The fourth-order valence-electron chi connectivity index (χ4n) is 3.24. The highest BCUT2D eigenvalue weighted by molar-refractivity contribution is 5.93. The van der Waals surface area contributed by atoms with Crippen molar-refractivity contribution in [1.29, 1.82) is 5.26 Å². The van der Waals surface area contributed by atoms with Gasteiger partial charge in [-0.1, -0.05) is 0 Å². The number of carbonyl (C=O) groups is 1. The molecule has 0 atom stereocenters. The number of methoxy groups -OCH3 is 1. The molecule has 8 nitrogen and oxygen atoms in total. The fraction of sp³-hybridized carbons (Fsp3) is 0.333. The second-order valence-electron chi connectivity index (χ2n) is 6.70. The van der Waals surface area contributed by atoms with Crippen LogP contribution < -0.4 is 9.47 Å². The summed E-state index contributed by atoms with van der Waals surface area (Å²) in [5, 5.41) is 10.4. The number of hydrogen-bond donors (Lipinski definition) is 0. The van der Waals surface area contributed by atoms with Crippen LogP contribution >= 0.6 is 0 Å². The molecule has 0 fully saturated rings. The summed E-state index contributed by atoms with van der Waals surface area (Å²) in [6.07, 6.45) is 1.74. The van der Waals surface area contributed by atoms with Crippen molar-refractivity contribution < 1.29 is 28.5 Å². The van der Waals surface area contributed by atoms with Crippen molar-refractivity contribution >= 4 is 16.9 Å². The van der Waals surface area contributed by atoms with E-state index >= 15 is 0 Å². The Morgan fingerprint density at radius 3 is 2.62 bits per heavy atom. The van der Waals surface area contributed by atoms with Crippen LogP contribution in [0.2, 0.25) is 0 Å². The minimum absolute atomic E-state index is 0.0243. The molecule has 0 bridgehead atoms. The number of hydrogen-bond acceptors (Lipinski definition) is 7. The van der Waals surface area contributed by atoms with Crippen LogP contribution in [-0.4, -0.2) is 50.9 Å². The van der Waals surface area contributed by atoms with Gasteiger partial charge in [-0.2, -0.15) is 5.26 Å². The smallest absolute Gasteiger partial charge is 0.341 e. The molecule has 8 heteroatoms. The van der Waals surface area contributed by atoms with E-state index in [-0.39, 0.29) is 13.4 Å². The first-order valence-corrected chi connectivity index (χ1v) is 10.3. The minimum Gasteiger partial charge on any atom is -0.491 e. The van der Waals surface area contributed by atoms with Gasteiger partial charge in [-0.05, 0) is 38.1 Å². The van der Waals surface area contributed by atoms with E-state index in [9.17, 15) is 10.1 Å². The van der Waals surface area contributed by atoms with Gasteiger partial charge in [-0.25, -0.2) is 4.79 Å². The van der Waals surface area contributed by atoms with Crippen LogP contribution in [0.1, 0.15) is 29.8 Å². The molecule has 0 saturated heterocycles. The highest BCUT2D eigenvalue weighted by Gasteiger charge is 2.17. The standard InChI is InChI=1S/C24H26N2O6/c1-4-29-10-11-31-19-7-9-20-17(14-25)15-26(22(20)13-19)18-6-8-21(24(27)30-5-2)23(12-18)32-16-28-3/h6-9,12-13,15H,4-5,10-11,16H2,1-3H3. The van der Waals surface area contributed by atoms with Crippen molar-refractivity contribution in [2.75, 3.05) is 40.3 Å². The molecule has 1 aromatic heterocycles. The molecule has 0 unspecified atom stereocenters. The first kappa shape index (κ1) is 23.1. The normalized spacial score (nSPS) is 10.7. The Hall–Kier alpha value is -3.54. The molecule has 0 N–H and O–H groups in total. The maximum absolute atomic E-state index is 12.3. The molecule has 2 aromatic carbocycles. The molecule has 3 aromatic rings. The molecule has 1 heterocycles. The van der Waals surface area contributed by atoms with E-state index in [1.165, 1.54) is 7.11 Å². The number of nitrogens with zero attached hydrogens (tertiary/aromatic N) is 2. The zero-order chi connectivity index (χ0) is 22.9. The van der Waals surface area contributed by atoms with Crippen LogP contribution in [-0.2, 0) is 14.2 Å². The van der Waals surface area contributed by atoms with E-state index in [1.54, 1.807) is 31.3 Å². The summed E-state index contributed by atoms with van der Waals surface area (Å²) in [5.41, 5.74) is 2.32. The third-order valence-corrected chi connectivity index (χ3v) is 4.67. The number of esters is 1. The van der Waals surface area contributed by atoms with Crippen molar-refractivity contribution in [2.45, 2.75) is 13.8 Å². The molecule has 3 rings (SSSR count). The first-order valence-electron chi connectivity index (χ1n) is 10.3. The maximum Gasteiger partial charge on any atom is 0.341 e. The van der Waals surface area contributed by atoms with Gasteiger partial charge in [0, 0.05) is 43.1 Å². The van der Waals surface area contributed by atoms with Crippen molar-refractivity contribution in [3.8, 4) is 23.3 Å². The molecule has 0 radical (unpaired) electrons. The summed E-state index contributed by atoms with van der Waals surface area (Å²) < 4.78 is 28.7. The number of carbonyl (C=O) groups excluding carboxylic acids is 1. The summed E-state index contributed by atoms with van der Waals surface area (Å²) in [4.78, 5) is 12.3. The van der Waals surface area contributed by atoms with Crippen LogP contribution in [0.3, 0.4) is 0 Å². The molecule has 0 aliphatic rings. The summed E-state index contributed by atoms with van der Waals surface area (Å²) in [7, 11) is 1.50. The number of aromatic nitrogens is 1. The van der Waals surface area contributed by atoms with Crippen LogP contribution in [0.15, 0.2) is 42.6 Å². The molecule has 0 spiro atoms. The Morgan fingerprint density at radius 2 is 1.91 bits per heavy atom. The maximum atomic E-state index is 12.3. The van der Waals surface area contributed by atoms with E-state index in [0.29, 0.717) is 48.1 Å². The number of nitriles is 1. The zero-order valence-electron chi connectivity index (χ0n) is 18.4. The molecule has 0 aliphatic carbocycles. The van der Waals surface area contributed by atoms with E-state index in [0.717, 1.165) is 10.9 Å². The van der Waals surface area contributed by atoms with Crippen LogP contribution in [0.5, 0.6) is 11.5 Å². The lowest BCUT2D eigenvalue weighted by molar-refractivity contribution is 0.0438. The van der Waals surface area contributed by atoms with Gasteiger partial charge in [0.25, 0.3) is 0 Å². The SMILES string of the molecule is CCOCCOc1ccc2c(C#N)cn(-c3ccc(C(=O)OCC)c(OCOC)c3)c2c1. The topological polar surface area (TPSA) is 91.9 Å². The molecule has 168 valence electrons. The average molecular weight is 438 g/mol. The molecular weight excluding hydrogens is 412 g/mol. The van der Waals surface area contributed by atoms with E-state index in [1.807, 2.05) is 29.7 Å². The van der Waals surface area contributed by atoms with Gasteiger partial charge in [0.2, 0.25) is 0 Å². The Morgan fingerprint density at radius 1 is 1.06 bits per heavy atom. The lowest BCUT2D eigenvalue weighted by Crippen LogP contribution is -2.10. The Balaban J connectivity index is 2.03. The minimum atomic E-state index is -0.481. The molecular formula is C24H26N2O6. The Bertz CT molecular complexity index is 1120. The zero-order valence-corrected chi connectivity index (χ0v) is 18.4. The lowest BCUT2D eigenvalue weighted by Gasteiger charge is -2.13. The second-order valence-corrected chi connectivity index (χ2v) is 6.70. The summed E-state index contributed by atoms with van der Waals surface area (Å²) >= 11 is 0. The highest BCUT2D eigenvalue weighted by Crippen LogP contribution is 2.31. The number of ether oxygens (including phenoxy) is 5. The summed E-state index contributed by atoms with van der Waals surface area (Å²) in [6.45, 7) is 5.45. The largest absolute Gasteiger partial charge is 0.491 e. The average Bonchev–Trinajstić information content (AvgIpc) is 3.18. The third kappa shape index (κ3) is 5.19. The van der Waals surface area contributed by atoms with Crippen LogP contribution in [0, 0.1) is 11.3 Å². The Kier molecular flexibility index (Phi) is 8.08. The highest BCUT2D eigenvalue weighted by atomic mass is 16.7. The monoisotopic (exact) mass is 438 g/mol. The lowest BCUT2D eigenvalue weighted by atomic mass is 10.1. The summed E-state index contributed by atoms with van der Waals surface area (Å²) in [6, 6.07) is 12.9. The van der Waals surface area contributed by atoms with E-state index < -0.39 is 5.97 Å². The Labute approximate surface area is 186 Å². The second kappa shape index (κ2) is 11.2. The van der Waals surface area contributed by atoms with Crippen LogP contribution in [0.25, 0.3) is 16.6 Å². The van der Waals surface area contributed by atoms with Crippen molar-refractivity contribution in [3.63, 3.8) is 0 Å². The first-order chi connectivity index (χ1) is 15.6. The van der Waals surface area contributed by atoms with E-state index in [2.05, 4.69) is 6.07 Å². The van der Waals surface area contributed by atoms with Gasteiger partial charge in [0.15, 0.2) is 6.79 Å². The van der Waals surface area contributed by atoms with Crippen molar-refractivity contribution in [3.05, 3.63) is 53.7 Å². The van der Waals surface area contributed by atoms with Gasteiger partial charge < -0.3 is 28.3 Å². The number of fused-ring (bicyclic) bond motifs is 1.